The van der Waals surface area contributed by atoms with Crippen molar-refractivity contribution >= 4 is 16.8 Å². The molecule has 0 bridgehead atoms. The lowest BCUT2D eigenvalue weighted by Gasteiger charge is -2.27. The number of carbonyl (C=O) groups excluding carboxylic acids is 1. The van der Waals surface area contributed by atoms with E-state index in [-0.39, 0.29) is 11.5 Å². The van der Waals surface area contributed by atoms with Crippen molar-refractivity contribution in [3.8, 4) is 0 Å². The summed E-state index contributed by atoms with van der Waals surface area (Å²) in [5, 5.41) is 4.09. The number of carbonyl (C=O) groups is 1. The Hall–Kier alpha value is -2.14. The van der Waals surface area contributed by atoms with E-state index in [0.29, 0.717) is 24.2 Å². The summed E-state index contributed by atoms with van der Waals surface area (Å²) in [5.41, 5.74) is 1.00. The fourth-order valence-corrected chi connectivity index (χ4v) is 2.40. The quantitative estimate of drug-likeness (QED) is 0.785. The largest absolute Gasteiger partial charge is 0.336 e. The van der Waals surface area contributed by atoms with Gasteiger partial charge in [-0.05, 0) is 17.5 Å². The molecule has 1 aromatic carbocycles. The standard InChI is InChI=1S/C14H15N3O2/c18-12-5-4-10-2-1-3-11(13(10)16-12)14(19)17-8-6-15-7-9-17/h1-5,15H,6-9H2,(H,16,18). The SMILES string of the molecule is O=C(c1cccc2ccc(=O)[nH]c12)N1CCNCC1. The molecule has 19 heavy (non-hydrogen) atoms. The third kappa shape index (κ3) is 2.24. The van der Waals surface area contributed by atoms with Crippen LogP contribution in [0.3, 0.4) is 0 Å². The Morgan fingerprint density at radius 1 is 1.11 bits per heavy atom. The highest BCUT2D eigenvalue weighted by molar-refractivity contribution is 6.05. The lowest BCUT2D eigenvalue weighted by molar-refractivity contribution is 0.0737. The molecule has 1 aromatic heterocycles. The van der Waals surface area contributed by atoms with Gasteiger partial charge in [-0.3, -0.25) is 9.59 Å². The van der Waals surface area contributed by atoms with Crippen molar-refractivity contribution in [3.05, 3.63) is 46.2 Å². The molecule has 0 spiro atoms. The van der Waals surface area contributed by atoms with E-state index < -0.39 is 0 Å². The van der Waals surface area contributed by atoms with Gasteiger partial charge in [0.1, 0.15) is 0 Å². The average molecular weight is 257 g/mol. The predicted molar refractivity (Wildman–Crippen MR) is 73.3 cm³/mol. The normalized spacial score (nSPS) is 15.7. The van der Waals surface area contributed by atoms with Gasteiger partial charge in [0.25, 0.3) is 5.91 Å². The summed E-state index contributed by atoms with van der Waals surface area (Å²) in [6.45, 7) is 3.03. The molecule has 5 nitrogen and oxygen atoms in total. The molecule has 1 amide bonds. The number of hydrogen-bond acceptors (Lipinski definition) is 3. The number of nitrogens with one attached hydrogen (secondary N) is 2. The zero-order valence-electron chi connectivity index (χ0n) is 10.5. The molecule has 1 fully saturated rings. The lowest BCUT2D eigenvalue weighted by atomic mass is 10.1. The number of pyridine rings is 1. The van der Waals surface area contributed by atoms with E-state index in [2.05, 4.69) is 10.3 Å². The number of para-hydroxylation sites is 1. The number of aromatic amines is 1. The minimum Gasteiger partial charge on any atom is -0.336 e. The van der Waals surface area contributed by atoms with Crippen LogP contribution in [0.25, 0.3) is 10.9 Å². The number of hydrogen-bond donors (Lipinski definition) is 2. The van der Waals surface area contributed by atoms with E-state index in [1.165, 1.54) is 6.07 Å². The first-order chi connectivity index (χ1) is 9.25. The van der Waals surface area contributed by atoms with Crippen molar-refractivity contribution in [3.63, 3.8) is 0 Å². The summed E-state index contributed by atoms with van der Waals surface area (Å²) in [5.74, 6) is -0.0195. The van der Waals surface area contributed by atoms with Crippen LogP contribution in [0.15, 0.2) is 35.1 Å². The molecule has 1 aliphatic rings. The van der Waals surface area contributed by atoms with Crippen molar-refractivity contribution in [2.24, 2.45) is 0 Å². The molecule has 0 aliphatic carbocycles. The Kier molecular flexibility index (Phi) is 3.05. The summed E-state index contributed by atoms with van der Waals surface area (Å²) in [7, 11) is 0. The molecule has 0 atom stereocenters. The molecular formula is C14H15N3O2. The molecule has 5 heteroatoms. The number of amides is 1. The van der Waals surface area contributed by atoms with Crippen molar-refractivity contribution in [2.45, 2.75) is 0 Å². The molecule has 98 valence electrons. The smallest absolute Gasteiger partial charge is 0.256 e. The molecular weight excluding hydrogens is 242 g/mol. The maximum Gasteiger partial charge on any atom is 0.256 e. The highest BCUT2D eigenvalue weighted by Crippen LogP contribution is 2.17. The van der Waals surface area contributed by atoms with Crippen molar-refractivity contribution in [1.82, 2.24) is 15.2 Å². The Bertz CT molecular complexity index is 672. The third-order valence-corrected chi connectivity index (χ3v) is 3.39. The number of rotatable bonds is 1. The molecule has 0 radical (unpaired) electrons. The van der Waals surface area contributed by atoms with Crippen molar-refractivity contribution in [1.29, 1.82) is 0 Å². The van der Waals surface area contributed by atoms with Gasteiger partial charge in [0.05, 0.1) is 11.1 Å². The molecule has 3 rings (SSSR count). The van der Waals surface area contributed by atoms with Crippen LogP contribution in [0.2, 0.25) is 0 Å². The summed E-state index contributed by atoms with van der Waals surface area (Å²) in [6, 6.07) is 8.71. The molecule has 1 saturated heterocycles. The minimum atomic E-state index is -0.187. The first kappa shape index (κ1) is 11.9. The molecule has 0 saturated carbocycles. The highest BCUT2D eigenvalue weighted by Gasteiger charge is 2.19. The second kappa shape index (κ2) is 4.85. The highest BCUT2D eigenvalue weighted by atomic mass is 16.2. The summed E-state index contributed by atoms with van der Waals surface area (Å²) < 4.78 is 0. The minimum absolute atomic E-state index is 0.0195. The van der Waals surface area contributed by atoms with Crippen LogP contribution in [0.5, 0.6) is 0 Å². The number of fused-ring (bicyclic) bond motifs is 1. The Labute approximate surface area is 110 Å². The van der Waals surface area contributed by atoms with Gasteiger partial charge in [-0.25, -0.2) is 0 Å². The van der Waals surface area contributed by atoms with Gasteiger partial charge in [-0.1, -0.05) is 12.1 Å². The van der Waals surface area contributed by atoms with Gasteiger partial charge in [0, 0.05) is 32.2 Å². The van der Waals surface area contributed by atoms with E-state index in [1.807, 2.05) is 17.0 Å². The Morgan fingerprint density at radius 2 is 1.89 bits per heavy atom. The van der Waals surface area contributed by atoms with Crippen LogP contribution < -0.4 is 10.9 Å². The van der Waals surface area contributed by atoms with Crippen LogP contribution in [0.4, 0.5) is 0 Å². The third-order valence-electron chi connectivity index (χ3n) is 3.39. The van der Waals surface area contributed by atoms with E-state index >= 15 is 0 Å². The number of piperazine rings is 1. The van der Waals surface area contributed by atoms with Gasteiger partial charge < -0.3 is 15.2 Å². The predicted octanol–water partition coefficient (Wildman–Crippen LogP) is 0.573. The van der Waals surface area contributed by atoms with E-state index in [4.69, 9.17) is 0 Å². The second-order valence-corrected chi connectivity index (χ2v) is 4.63. The van der Waals surface area contributed by atoms with Crippen LogP contribution in [-0.4, -0.2) is 42.0 Å². The summed E-state index contributed by atoms with van der Waals surface area (Å²) in [6.07, 6.45) is 0. The van der Waals surface area contributed by atoms with Gasteiger partial charge >= 0.3 is 0 Å². The monoisotopic (exact) mass is 257 g/mol. The number of aromatic nitrogens is 1. The average Bonchev–Trinajstić information content (AvgIpc) is 2.47. The Balaban J connectivity index is 2.06. The maximum atomic E-state index is 12.5. The maximum absolute atomic E-state index is 12.5. The molecule has 1 aliphatic heterocycles. The van der Waals surface area contributed by atoms with Gasteiger partial charge in [0.15, 0.2) is 0 Å². The number of benzene rings is 1. The van der Waals surface area contributed by atoms with E-state index in [1.54, 1.807) is 12.1 Å². The van der Waals surface area contributed by atoms with Crippen LogP contribution >= 0.6 is 0 Å². The summed E-state index contributed by atoms with van der Waals surface area (Å²) in [4.78, 5) is 28.5. The zero-order valence-corrected chi connectivity index (χ0v) is 10.5. The fourth-order valence-electron chi connectivity index (χ4n) is 2.40. The molecule has 2 heterocycles. The van der Waals surface area contributed by atoms with Crippen LogP contribution in [0, 0.1) is 0 Å². The van der Waals surface area contributed by atoms with Crippen LogP contribution in [0.1, 0.15) is 10.4 Å². The van der Waals surface area contributed by atoms with E-state index in [0.717, 1.165) is 18.5 Å². The lowest BCUT2D eigenvalue weighted by Crippen LogP contribution is -2.46. The van der Waals surface area contributed by atoms with Crippen molar-refractivity contribution < 1.29 is 4.79 Å². The van der Waals surface area contributed by atoms with Gasteiger partial charge in [-0.2, -0.15) is 0 Å². The molecule has 2 aromatic rings. The number of nitrogens with zero attached hydrogens (tertiary/aromatic N) is 1. The zero-order chi connectivity index (χ0) is 13.2. The second-order valence-electron chi connectivity index (χ2n) is 4.63. The van der Waals surface area contributed by atoms with Gasteiger partial charge in [-0.15, -0.1) is 0 Å². The van der Waals surface area contributed by atoms with Gasteiger partial charge in [0.2, 0.25) is 5.56 Å². The molecule has 0 unspecified atom stereocenters. The van der Waals surface area contributed by atoms with E-state index in [9.17, 15) is 9.59 Å². The fraction of sp³-hybridized carbons (Fsp3) is 0.286. The van der Waals surface area contributed by atoms with Crippen molar-refractivity contribution in [2.75, 3.05) is 26.2 Å². The van der Waals surface area contributed by atoms with Crippen LogP contribution in [-0.2, 0) is 0 Å². The first-order valence-corrected chi connectivity index (χ1v) is 6.38. The Morgan fingerprint density at radius 3 is 2.68 bits per heavy atom. The summed E-state index contributed by atoms with van der Waals surface area (Å²) >= 11 is 0. The number of H-pyrrole nitrogens is 1. The molecule has 2 N–H and O–H groups in total. The first-order valence-electron chi connectivity index (χ1n) is 6.38. The topological polar surface area (TPSA) is 65.2 Å².